The fourth-order valence-corrected chi connectivity index (χ4v) is 1.90. The van der Waals surface area contributed by atoms with Crippen molar-refractivity contribution in [1.82, 2.24) is 5.43 Å². The summed E-state index contributed by atoms with van der Waals surface area (Å²) in [7, 11) is 0. The smallest absolute Gasteiger partial charge is 0.0935 e. The number of nitrogens with one attached hydrogen (secondary N) is 1. The zero-order valence-electron chi connectivity index (χ0n) is 10.2. The molecule has 0 radical (unpaired) electrons. The van der Waals surface area contributed by atoms with Crippen molar-refractivity contribution in [2.75, 3.05) is 0 Å². The van der Waals surface area contributed by atoms with E-state index in [4.69, 9.17) is 10.3 Å². The second-order valence-electron chi connectivity index (χ2n) is 4.40. The zero-order chi connectivity index (χ0) is 12.3. The summed E-state index contributed by atoms with van der Waals surface area (Å²) in [5.41, 5.74) is 7.80. The van der Waals surface area contributed by atoms with Gasteiger partial charge in [0.2, 0.25) is 0 Å². The lowest BCUT2D eigenvalue weighted by Gasteiger charge is -2.16. The Bertz CT molecular complexity index is 477. The van der Waals surface area contributed by atoms with Gasteiger partial charge >= 0.3 is 0 Å². The van der Waals surface area contributed by atoms with Gasteiger partial charge in [-0.25, -0.2) is 0 Å². The molecule has 0 amide bonds. The fraction of sp³-hybridized carbons (Fsp3) is 0.286. The molecule has 1 aromatic carbocycles. The maximum absolute atomic E-state index is 5.63. The molecule has 0 bridgehead atoms. The van der Waals surface area contributed by atoms with Gasteiger partial charge < -0.3 is 4.42 Å². The molecule has 0 saturated heterocycles. The SMILES string of the molecule is Cc1ccc(C(Cc2ccoc2)NN)cc1C. The summed E-state index contributed by atoms with van der Waals surface area (Å²) in [6.45, 7) is 4.23. The Kier molecular flexibility index (Phi) is 3.61. The van der Waals surface area contributed by atoms with E-state index in [0.717, 1.165) is 12.0 Å². The van der Waals surface area contributed by atoms with Gasteiger partial charge in [0.05, 0.1) is 18.6 Å². The molecule has 3 N–H and O–H groups in total. The molecule has 2 aromatic rings. The molecule has 1 heterocycles. The lowest BCUT2D eigenvalue weighted by atomic mass is 9.97. The Balaban J connectivity index is 2.20. The molecule has 0 spiro atoms. The molecule has 0 aliphatic carbocycles. The van der Waals surface area contributed by atoms with Crippen LogP contribution in [0.15, 0.2) is 41.2 Å². The number of benzene rings is 1. The van der Waals surface area contributed by atoms with Crippen LogP contribution in [0.25, 0.3) is 0 Å². The van der Waals surface area contributed by atoms with Crippen molar-refractivity contribution in [3.63, 3.8) is 0 Å². The standard InChI is InChI=1S/C14H18N2O/c1-10-3-4-13(7-11(10)2)14(16-15)8-12-5-6-17-9-12/h3-7,9,14,16H,8,15H2,1-2H3. The van der Waals surface area contributed by atoms with Crippen LogP contribution in [0.3, 0.4) is 0 Å². The van der Waals surface area contributed by atoms with Crippen molar-refractivity contribution in [3.8, 4) is 0 Å². The van der Waals surface area contributed by atoms with Crippen molar-refractivity contribution < 1.29 is 4.42 Å². The number of hydrogen-bond donors (Lipinski definition) is 2. The summed E-state index contributed by atoms with van der Waals surface area (Å²) in [5.74, 6) is 5.63. The maximum atomic E-state index is 5.63. The predicted molar refractivity (Wildman–Crippen MR) is 68.4 cm³/mol. The zero-order valence-corrected chi connectivity index (χ0v) is 10.2. The van der Waals surface area contributed by atoms with Gasteiger partial charge in [-0.05, 0) is 48.6 Å². The van der Waals surface area contributed by atoms with Gasteiger partial charge in [0.25, 0.3) is 0 Å². The number of furan rings is 1. The molecular formula is C14H18N2O. The van der Waals surface area contributed by atoms with Crippen molar-refractivity contribution >= 4 is 0 Å². The van der Waals surface area contributed by atoms with Gasteiger partial charge in [0.1, 0.15) is 0 Å². The third kappa shape index (κ3) is 2.75. The molecule has 0 aliphatic rings. The first kappa shape index (κ1) is 11.9. The van der Waals surface area contributed by atoms with E-state index >= 15 is 0 Å². The molecule has 0 fully saturated rings. The molecule has 2 rings (SSSR count). The van der Waals surface area contributed by atoms with Gasteiger partial charge in [-0.1, -0.05) is 18.2 Å². The van der Waals surface area contributed by atoms with E-state index in [1.54, 1.807) is 12.5 Å². The molecular weight excluding hydrogens is 212 g/mol. The lowest BCUT2D eigenvalue weighted by Crippen LogP contribution is -2.29. The molecule has 1 atom stereocenters. The highest BCUT2D eigenvalue weighted by molar-refractivity contribution is 5.32. The quantitative estimate of drug-likeness (QED) is 0.627. The number of hydrazine groups is 1. The van der Waals surface area contributed by atoms with Crippen LogP contribution >= 0.6 is 0 Å². The maximum Gasteiger partial charge on any atom is 0.0935 e. The van der Waals surface area contributed by atoms with E-state index in [1.807, 2.05) is 6.07 Å². The summed E-state index contributed by atoms with van der Waals surface area (Å²) in [6, 6.07) is 8.51. The fourth-order valence-electron chi connectivity index (χ4n) is 1.90. The van der Waals surface area contributed by atoms with Gasteiger partial charge in [-0.2, -0.15) is 0 Å². The van der Waals surface area contributed by atoms with E-state index in [2.05, 4.69) is 37.5 Å². The van der Waals surface area contributed by atoms with E-state index in [-0.39, 0.29) is 6.04 Å². The van der Waals surface area contributed by atoms with Crippen LogP contribution in [0, 0.1) is 13.8 Å². The predicted octanol–water partition coefficient (Wildman–Crippen LogP) is 2.64. The number of nitrogens with two attached hydrogens (primary N) is 1. The van der Waals surface area contributed by atoms with Gasteiger partial charge in [-0.15, -0.1) is 0 Å². The topological polar surface area (TPSA) is 51.2 Å². The van der Waals surface area contributed by atoms with Crippen LogP contribution < -0.4 is 11.3 Å². The molecule has 0 saturated carbocycles. The minimum atomic E-state index is 0.117. The Morgan fingerprint density at radius 3 is 2.65 bits per heavy atom. The van der Waals surface area contributed by atoms with Crippen LogP contribution in [0.2, 0.25) is 0 Å². The van der Waals surface area contributed by atoms with Crippen LogP contribution in [0.4, 0.5) is 0 Å². The summed E-state index contributed by atoms with van der Waals surface area (Å²) in [5, 5.41) is 0. The van der Waals surface area contributed by atoms with Crippen LogP contribution in [-0.4, -0.2) is 0 Å². The Morgan fingerprint density at radius 2 is 2.06 bits per heavy atom. The van der Waals surface area contributed by atoms with Gasteiger partial charge in [0, 0.05) is 0 Å². The highest BCUT2D eigenvalue weighted by atomic mass is 16.3. The largest absolute Gasteiger partial charge is 0.472 e. The van der Waals surface area contributed by atoms with E-state index < -0.39 is 0 Å². The van der Waals surface area contributed by atoms with Crippen molar-refractivity contribution in [1.29, 1.82) is 0 Å². The summed E-state index contributed by atoms with van der Waals surface area (Å²) >= 11 is 0. The summed E-state index contributed by atoms with van der Waals surface area (Å²) in [6.07, 6.45) is 4.27. The first-order chi connectivity index (χ1) is 8.20. The molecule has 1 aromatic heterocycles. The first-order valence-electron chi connectivity index (χ1n) is 5.75. The van der Waals surface area contributed by atoms with Gasteiger partial charge in [0.15, 0.2) is 0 Å². The lowest BCUT2D eigenvalue weighted by molar-refractivity contribution is 0.535. The molecule has 90 valence electrons. The van der Waals surface area contributed by atoms with Crippen molar-refractivity contribution in [3.05, 3.63) is 59.0 Å². The first-order valence-corrected chi connectivity index (χ1v) is 5.75. The minimum absolute atomic E-state index is 0.117. The minimum Gasteiger partial charge on any atom is -0.472 e. The average Bonchev–Trinajstić information content (AvgIpc) is 2.82. The Hall–Kier alpha value is -1.58. The number of aryl methyl sites for hydroxylation is 2. The normalized spacial score (nSPS) is 12.6. The highest BCUT2D eigenvalue weighted by Crippen LogP contribution is 2.20. The van der Waals surface area contributed by atoms with Crippen LogP contribution in [-0.2, 0) is 6.42 Å². The van der Waals surface area contributed by atoms with E-state index in [9.17, 15) is 0 Å². The Morgan fingerprint density at radius 1 is 1.24 bits per heavy atom. The highest BCUT2D eigenvalue weighted by Gasteiger charge is 2.11. The van der Waals surface area contributed by atoms with E-state index in [0.29, 0.717) is 0 Å². The summed E-state index contributed by atoms with van der Waals surface area (Å²) in [4.78, 5) is 0. The van der Waals surface area contributed by atoms with Gasteiger partial charge in [-0.3, -0.25) is 11.3 Å². The number of rotatable bonds is 4. The second-order valence-corrected chi connectivity index (χ2v) is 4.40. The third-order valence-corrected chi connectivity index (χ3v) is 3.15. The average molecular weight is 230 g/mol. The van der Waals surface area contributed by atoms with Crippen LogP contribution in [0.1, 0.15) is 28.3 Å². The molecule has 17 heavy (non-hydrogen) atoms. The third-order valence-electron chi connectivity index (χ3n) is 3.15. The Labute approximate surface area is 102 Å². The number of hydrogen-bond acceptors (Lipinski definition) is 3. The molecule has 1 unspecified atom stereocenters. The molecule has 3 heteroatoms. The van der Waals surface area contributed by atoms with Crippen molar-refractivity contribution in [2.45, 2.75) is 26.3 Å². The monoisotopic (exact) mass is 230 g/mol. The van der Waals surface area contributed by atoms with E-state index in [1.165, 1.54) is 16.7 Å². The molecule has 0 aliphatic heterocycles. The van der Waals surface area contributed by atoms with Crippen molar-refractivity contribution in [2.24, 2.45) is 5.84 Å². The van der Waals surface area contributed by atoms with Crippen LogP contribution in [0.5, 0.6) is 0 Å². The summed E-state index contributed by atoms with van der Waals surface area (Å²) < 4.78 is 5.07. The molecule has 3 nitrogen and oxygen atoms in total. The second kappa shape index (κ2) is 5.17.